The van der Waals surface area contributed by atoms with Gasteiger partial charge in [-0.15, -0.1) is 0 Å². The quantitative estimate of drug-likeness (QED) is 0.292. The minimum atomic E-state index is -1.73. The number of phenolic OH excluding ortho intramolecular Hbond substituents is 2. The van der Waals surface area contributed by atoms with Crippen LogP contribution in [-0.2, 0) is 4.74 Å². The number of fused-ring (bicyclic) bond motifs is 2. The van der Waals surface area contributed by atoms with Gasteiger partial charge in [-0.3, -0.25) is 4.79 Å². The van der Waals surface area contributed by atoms with E-state index < -0.39 is 42.7 Å². The molecule has 1 aromatic heterocycles. The number of aliphatic hydroxyl groups excluding tert-OH is 4. The number of benzene rings is 2. The summed E-state index contributed by atoms with van der Waals surface area (Å²) in [6.07, 6.45) is -7.86. The van der Waals surface area contributed by atoms with Crippen molar-refractivity contribution in [2.45, 2.75) is 30.7 Å². The largest absolute Gasteiger partial charge is 0.508 e. The van der Waals surface area contributed by atoms with Crippen LogP contribution in [0.4, 0.5) is 0 Å². The van der Waals surface area contributed by atoms with Gasteiger partial charge >= 0.3 is 0 Å². The summed E-state index contributed by atoms with van der Waals surface area (Å²) in [5.74, 6) is -0.831. The number of phenols is 2. The molecule has 2 heterocycles. The van der Waals surface area contributed by atoms with Gasteiger partial charge in [0, 0.05) is 12.1 Å². The Morgan fingerprint density at radius 3 is 2.42 bits per heavy atom. The maximum absolute atomic E-state index is 13.3. The van der Waals surface area contributed by atoms with Crippen LogP contribution in [0.3, 0.4) is 0 Å². The lowest BCUT2D eigenvalue weighted by atomic mass is 9.99. The van der Waals surface area contributed by atoms with Gasteiger partial charge < -0.3 is 49.3 Å². The first-order chi connectivity index (χ1) is 14.8. The second-order valence-electron chi connectivity index (χ2n) is 7.05. The Bertz CT molecular complexity index is 1190. The van der Waals surface area contributed by atoms with Crippen molar-refractivity contribution in [2.75, 3.05) is 13.7 Å². The highest BCUT2D eigenvalue weighted by Gasteiger charge is 2.45. The van der Waals surface area contributed by atoms with Crippen LogP contribution in [0.2, 0.25) is 0 Å². The normalized spacial score (nSPS) is 26.3. The Balaban J connectivity index is 1.89. The molecule has 11 heteroatoms. The molecule has 0 radical (unpaired) electrons. The number of ether oxygens (including phenoxy) is 3. The number of rotatable bonds is 4. The summed E-state index contributed by atoms with van der Waals surface area (Å²) in [5.41, 5.74) is -0.967. The van der Waals surface area contributed by atoms with E-state index in [1.165, 1.54) is 19.2 Å². The number of hydrogen-bond donors (Lipinski definition) is 6. The molecule has 1 aliphatic rings. The van der Waals surface area contributed by atoms with Crippen LogP contribution in [-0.4, -0.2) is 75.1 Å². The van der Waals surface area contributed by atoms with Crippen molar-refractivity contribution >= 4 is 21.9 Å². The number of aromatic hydroxyl groups is 2. The van der Waals surface area contributed by atoms with Crippen molar-refractivity contribution in [3.05, 3.63) is 34.5 Å². The second kappa shape index (κ2) is 7.87. The summed E-state index contributed by atoms with van der Waals surface area (Å²) in [4.78, 5) is 13.3. The minimum Gasteiger partial charge on any atom is -0.508 e. The van der Waals surface area contributed by atoms with E-state index in [4.69, 9.17) is 18.6 Å². The van der Waals surface area contributed by atoms with Crippen LogP contribution in [0.15, 0.2) is 33.5 Å². The zero-order valence-corrected chi connectivity index (χ0v) is 16.1. The van der Waals surface area contributed by atoms with E-state index in [1.807, 2.05) is 0 Å². The average Bonchev–Trinajstić information content (AvgIpc) is 2.74. The van der Waals surface area contributed by atoms with E-state index in [0.29, 0.717) is 0 Å². The molecule has 0 unspecified atom stereocenters. The molecule has 1 fully saturated rings. The molecule has 6 N–H and O–H groups in total. The lowest BCUT2D eigenvalue weighted by molar-refractivity contribution is -0.277. The zero-order valence-electron chi connectivity index (χ0n) is 16.1. The molecule has 1 saturated heterocycles. The molecule has 0 saturated carbocycles. The summed E-state index contributed by atoms with van der Waals surface area (Å²) in [7, 11) is 1.33. The molecule has 5 atom stereocenters. The Morgan fingerprint density at radius 1 is 1.00 bits per heavy atom. The summed E-state index contributed by atoms with van der Waals surface area (Å²) in [6, 6.07) is 4.86. The fraction of sp³-hybridized carbons (Fsp3) is 0.350. The first-order valence-corrected chi connectivity index (χ1v) is 9.23. The van der Waals surface area contributed by atoms with Gasteiger partial charge in [-0.1, -0.05) is 0 Å². The molecule has 11 nitrogen and oxygen atoms in total. The molecule has 31 heavy (non-hydrogen) atoms. The van der Waals surface area contributed by atoms with Crippen LogP contribution in [0, 0.1) is 0 Å². The highest BCUT2D eigenvalue weighted by molar-refractivity contribution is 5.98. The van der Waals surface area contributed by atoms with Crippen LogP contribution in [0.1, 0.15) is 0 Å². The van der Waals surface area contributed by atoms with E-state index in [9.17, 15) is 35.4 Å². The topological polar surface area (TPSA) is 179 Å². The van der Waals surface area contributed by atoms with Crippen molar-refractivity contribution in [3.63, 3.8) is 0 Å². The Morgan fingerprint density at radius 2 is 1.74 bits per heavy atom. The molecule has 166 valence electrons. The summed E-state index contributed by atoms with van der Waals surface area (Å²) < 4.78 is 21.7. The first kappa shape index (κ1) is 21.2. The summed E-state index contributed by atoms with van der Waals surface area (Å²) >= 11 is 0. The van der Waals surface area contributed by atoms with Gasteiger partial charge in [0.05, 0.1) is 13.7 Å². The third-order valence-corrected chi connectivity index (χ3v) is 5.13. The van der Waals surface area contributed by atoms with Crippen molar-refractivity contribution in [3.8, 4) is 23.0 Å². The molecule has 1 aliphatic heterocycles. The van der Waals surface area contributed by atoms with Crippen molar-refractivity contribution in [2.24, 2.45) is 0 Å². The van der Waals surface area contributed by atoms with Gasteiger partial charge in [-0.25, -0.2) is 0 Å². The van der Waals surface area contributed by atoms with Crippen LogP contribution >= 0.6 is 0 Å². The van der Waals surface area contributed by atoms with Crippen molar-refractivity contribution < 1.29 is 49.3 Å². The minimum absolute atomic E-state index is 0.0839. The van der Waals surface area contributed by atoms with Crippen LogP contribution in [0.5, 0.6) is 23.0 Å². The molecule has 4 rings (SSSR count). The molecule has 0 amide bonds. The Labute approximate surface area is 173 Å². The van der Waals surface area contributed by atoms with E-state index >= 15 is 0 Å². The van der Waals surface area contributed by atoms with Gasteiger partial charge in [0.25, 0.3) is 0 Å². The maximum atomic E-state index is 13.3. The lowest BCUT2D eigenvalue weighted by Gasteiger charge is -2.39. The van der Waals surface area contributed by atoms with E-state index in [-0.39, 0.29) is 44.9 Å². The molecule has 0 bridgehead atoms. The predicted molar refractivity (Wildman–Crippen MR) is 104 cm³/mol. The van der Waals surface area contributed by atoms with Gasteiger partial charge in [-0.05, 0) is 12.1 Å². The highest BCUT2D eigenvalue weighted by Crippen LogP contribution is 2.37. The van der Waals surface area contributed by atoms with Crippen LogP contribution < -0.4 is 14.9 Å². The average molecular weight is 436 g/mol. The highest BCUT2D eigenvalue weighted by atomic mass is 16.7. The molecular weight excluding hydrogens is 416 g/mol. The molecule has 3 aromatic rings. The van der Waals surface area contributed by atoms with Gasteiger partial charge in [-0.2, -0.15) is 0 Å². The third kappa shape index (κ3) is 3.42. The number of aliphatic hydroxyl groups is 4. The second-order valence-corrected chi connectivity index (χ2v) is 7.05. The first-order valence-electron chi connectivity index (χ1n) is 9.23. The Hall–Kier alpha value is -3.09. The SMILES string of the molecule is COc1ccc(O)c2oc3cc(O)cc(O[C@@H]4O[C@H](CO)[C@@H](O)[C@H](O)[C@H]4O)c3c(=O)c12. The molecule has 0 spiro atoms. The van der Waals surface area contributed by atoms with E-state index in [1.54, 1.807) is 0 Å². The van der Waals surface area contributed by atoms with Gasteiger partial charge in [0.1, 0.15) is 58.0 Å². The predicted octanol–water partition coefficient (Wildman–Crippen LogP) is -0.455. The van der Waals surface area contributed by atoms with Crippen molar-refractivity contribution in [1.82, 2.24) is 0 Å². The van der Waals surface area contributed by atoms with Gasteiger partial charge in [0.15, 0.2) is 11.3 Å². The summed E-state index contributed by atoms with van der Waals surface area (Å²) in [5, 5.41) is 59.4. The van der Waals surface area contributed by atoms with E-state index in [2.05, 4.69) is 0 Å². The fourth-order valence-corrected chi connectivity index (χ4v) is 3.54. The molecule has 0 aliphatic carbocycles. The van der Waals surface area contributed by atoms with Crippen LogP contribution in [0.25, 0.3) is 21.9 Å². The maximum Gasteiger partial charge on any atom is 0.229 e. The monoisotopic (exact) mass is 436 g/mol. The van der Waals surface area contributed by atoms with Crippen molar-refractivity contribution in [1.29, 1.82) is 0 Å². The number of methoxy groups -OCH3 is 1. The Kier molecular flexibility index (Phi) is 5.37. The molecule has 2 aromatic carbocycles. The van der Waals surface area contributed by atoms with Gasteiger partial charge in [0.2, 0.25) is 11.7 Å². The summed E-state index contributed by atoms with van der Waals surface area (Å²) in [6.45, 7) is -0.672. The lowest BCUT2D eigenvalue weighted by Crippen LogP contribution is -2.60. The fourth-order valence-electron chi connectivity index (χ4n) is 3.54. The number of hydrogen-bond acceptors (Lipinski definition) is 11. The smallest absolute Gasteiger partial charge is 0.229 e. The third-order valence-electron chi connectivity index (χ3n) is 5.13. The zero-order chi connectivity index (χ0) is 22.4. The standard InChI is InChI=1S/C20H20O11/c1-28-9-3-2-8(23)19-14(9)16(25)13-10(29-19)4-7(22)5-11(13)30-20-18(27)17(26)15(24)12(6-21)31-20/h2-5,12,15,17-18,20-24,26-27H,6H2,1H3/t12-,15-,17+,18-,20-/m1/s1. The van der Waals surface area contributed by atoms with E-state index in [0.717, 1.165) is 12.1 Å². The molecular formula is C20H20O11.